The molecule has 1 aliphatic carbocycles. The summed E-state index contributed by atoms with van der Waals surface area (Å²) in [6.45, 7) is 0.603. The van der Waals surface area contributed by atoms with Gasteiger partial charge in [0.2, 0.25) is 0 Å². The molecule has 1 amide bonds. The van der Waals surface area contributed by atoms with E-state index in [1.54, 1.807) is 0 Å². The van der Waals surface area contributed by atoms with Gasteiger partial charge in [0, 0.05) is 12.7 Å². The second-order valence-corrected chi connectivity index (χ2v) is 4.53. The molecule has 0 unspecified atom stereocenters. The number of hydrazine groups is 1. The van der Waals surface area contributed by atoms with Crippen molar-refractivity contribution in [3.8, 4) is 0 Å². The van der Waals surface area contributed by atoms with Crippen molar-refractivity contribution in [3.63, 3.8) is 0 Å². The number of carbonyl (C=O) groups excluding carboxylic acids is 1. The topological polar surface area (TPSA) is 80.0 Å². The number of nitrogen functional groups attached to an aromatic ring is 1. The fourth-order valence-electron chi connectivity index (χ4n) is 2.27. The Morgan fingerprint density at radius 3 is 2.89 bits per heavy atom. The second-order valence-electron chi connectivity index (χ2n) is 4.53. The van der Waals surface area contributed by atoms with Crippen molar-refractivity contribution < 1.29 is 9.18 Å². The van der Waals surface area contributed by atoms with Crippen LogP contribution in [0.4, 0.5) is 10.2 Å². The Labute approximate surface area is 105 Å². The average molecular weight is 252 g/mol. The highest BCUT2D eigenvalue weighted by atomic mass is 19.1. The second kappa shape index (κ2) is 5.77. The van der Waals surface area contributed by atoms with Crippen molar-refractivity contribution in [2.45, 2.75) is 25.7 Å². The summed E-state index contributed by atoms with van der Waals surface area (Å²) in [4.78, 5) is 15.5. The quantitative estimate of drug-likeness (QED) is 0.559. The maximum absolute atomic E-state index is 13.8. The smallest absolute Gasteiger partial charge is 0.254 e. The molecule has 1 saturated carbocycles. The Morgan fingerprint density at radius 1 is 1.50 bits per heavy atom. The first kappa shape index (κ1) is 12.8. The van der Waals surface area contributed by atoms with Crippen LogP contribution in [0.15, 0.2) is 12.3 Å². The monoisotopic (exact) mass is 252 g/mol. The van der Waals surface area contributed by atoms with Gasteiger partial charge in [0.05, 0.1) is 5.56 Å². The largest absolute Gasteiger partial charge is 0.352 e. The van der Waals surface area contributed by atoms with Gasteiger partial charge in [-0.2, -0.15) is 0 Å². The van der Waals surface area contributed by atoms with Crippen LogP contribution in [0.3, 0.4) is 0 Å². The molecule has 2 rings (SSSR count). The minimum Gasteiger partial charge on any atom is -0.352 e. The zero-order chi connectivity index (χ0) is 13.0. The SMILES string of the molecule is NNc1nccc(C(=O)NCC2CCCC2)c1F. The lowest BCUT2D eigenvalue weighted by Crippen LogP contribution is -2.29. The number of hydrogen-bond acceptors (Lipinski definition) is 4. The van der Waals surface area contributed by atoms with Gasteiger partial charge in [-0.25, -0.2) is 15.2 Å². The third-order valence-corrected chi connectivity index (χ3v) is 3.30. The standard InChI is InChI=1S/C12H17FN4O/c13-10-9(5-6-15-11(10)17-14)12(18)16-7-8-3-1-2-4-8/h5-6,8H,1-4,7,14H2,(H,15,17)(H,16,18). The first-order valence-corrected chi connectivity index (χ1v) is 6.11. The molecule has 1 fully saturated rings. The third-order valence-electron chi connectivity index (χ3n) is 3.30. The van der Waals surface area contributed by atoms with Crippen molar-refractivity contribution in [3.05, 3.63) is 23.6 Å². The number of pyridine rings is 1. The van der Waals surface area contributed by atoms with Gasteiger partial charge in [-0.3, -0.25) is 4.79 Å². The molecule has 6 heteroatoms. The summed E-state index contributed by atoms with van der Waals surface area (Å²) < 4.78 is 13.8. The molecular formula is C12H17FN4O. The number of hydrogen-bond donors (Lipinski definition) is 3. The van der Waals surface area contributed by atoms with Gasteiger partial charge in [-0.15, -0.1) is 0 Å². The van der Waals surface area contributed by atoms with Crippen molar-refractivity contribution in [2.75, 3.05) is 12.0 Å². The summed E-state index contributed by atoms with van der Waals surface area (Å²) in [5.41, 5.74) is 2.09. The van der Waals surface area contributed by atoms with Gasteiger partial charge in [0.25, 0.3) is 5.91 Å². The normalized spacial score (nSPS) is 15.7. The average Bonchev–Trinajstić information content (AvgIpc) is 2.89. The van der Waals surface area contributed by atoms with E-state index >= 15 is 0 Å². The number of anilines is 1. The number of halogens is 1. The predicted molar refractivity (Wildman–Crippen MR) is 66.3 cm³/mol. The Kier molecular flexibility index (Phi) is 4.09. The van der Waals surface area contributed by atoms with Crippen LogP contribution in [-0.2, 0) is 0 Å². The molecule has 0 spiro atoms. The Bertz CT molecular complexity index is 432. The molecule has 0 radical (unpaired) electrons. The molecule has 1 aromatic heterocycles. The molecule has 0 aromatic carbocycles. The lowest BCUT2D eigenvalue weighted by atomic mass is 10.1. The van der Waals surface area contributed by atoms with E-state index in [2.05, 4.69) is 15.7 Å². The van der Waals surface area contributed by atoms with E-state index in [1.807, 2.05) is 0 Å². The number of rotatable bonds is 4. The molecule has 5 nitrogen and oxygen atoms in total. The van der Waals surface area contributed by atoms with Crippen molar-refractivity contribution >= 4 is 11.7 Å². The van der Waals surface area contributed by atoms with E-state index in [4.69, 9.17) is 5.84 Å². The highest BCUT2D eigenvalue weighted by molar-refractivity contribution is 5.95. The molecule has 1 aliphatic rings. The lowest BCUT2D eigenvalue weighted by Gasteiger charge is -2.11. The number of nitrogens with one attached hydrogen (secondary N) is 2. The minimum atomic E-state index is -0.719. The summed E-state index contributed by atoms with van der Waals surface area (Å²) in [6.07, 6.45) is 6.04. The maximum atomic E-state index is 13.8. The first-order valence-electron chi connectivity index (χ1n) is 6.11. The fourth-order valence-corrected chi connectivity index (χ4v) is 2.27. The highest BCUT2D eigenvalue weighted by Crippen LogP contribution is 2.24. The molecule has 4 N–H and O–H groups in total. The third kappa shape index (κ3) is 2.76. The van der Waals surface area contributed by atoms with E-state index in [9.17, 15) is 9.18 Å². The molecule has 0 atom stereocenters. The fraction of sp³-hybridized carbons (Fsp3) is 0.500. The van der Waals surface area contributed by atoms with Crippen molar-refractivity contribution in [2.24, 2.45) is 11.8 Å². The van der Waals surface area contributed by atoms with Gasteiger partial charge in [0.1, 0.15) is 0 Å². The molecular weight excluding hydrogens is 235 g/mol. The Balaban J connectivity index is 1.99. The number of nitrogens with zero attached hydrogens (tertiary/aromatic N) is 1. The maximum Gasteiger partial charge on any atom is 0.254 e. The van der Waals surface area contributed by atoms with E-state index in [1.165, 1.54) is 25.1 Å². The van der Waals surface area contributed by atoms with Crippen LogP contribution in [-0.4, -0.2) is 17.4 Å². The van der Waals surface area contributed by atoms with E-state index in [-0.39, 0.29) is 11.4 Å². The van der Waals surface area contributed by atoms with E-state index in [0.717, 1.165) is 12.8 Å². The highest BCUT2D eigenvalue weighted by Gasteiger charge is 2.19. The van der Waals surface area contributed by atoms with Crippen LogP contribution in [0.2, 0.25) is 0 Å². The molecule has 1 aromatic rings. The van der Waals surface area contributed by atoms with E-state index < -0.39 is 11.7 Å². The van der Waals surface area contributed by atoms with Gasteiger partial charge in [-0.05, 0) is 24.8 Å². The summed E-state index contributed by atoms with van der Waals surface area (Å²) in [6, 6.07) is 1.35. The number of aromatic nitrogens is 1. The van der Waals surface area contributed by atoms with Gasteiger partial charge in [-0.1, -0.05) is 12.8 Å². The Hall–Kier alpha value is -1.69. The van der Waals surface area contributed by atoms with Gasteiger partial charge < -0.3 is 10.7 Å². The molecule has 1 heterocycles. The van der Waals surface area contributed by atoms with Crippen LogP contribution >= 0.6 is 0 Å². The number of nitrogens with two attached hydrogens (primary N) is 1. The molecule has 18 heavy (non-hydrogen) atoms. The first-order chi connectivity index (χ1) is 8.72. The molecule has 0 bridgehead atoms. The number of carbonyl (C=O) groups is 1. The molecule has 98 valence electrons. The molecule has 0 saturated heterocycles. The summed E-state index contributed by atoms with van der Waals surface area (Å²) in [5.74, 6) is 4.37. The van der Waals surface area contributed by atoms with Crippen LogP contribution in [0.1, 0.15) is 36.0 Å². The van der Waals surface area contributed by atoms with Crippen molar-refractivity contribution in [1.82, 2.24) is 10.3 Å². The van der Waals surface area contributed by atoms with Crippen LogP contribution in [0.25, 0.3) is 0 Å². The summed E-state index contributed by atoms with van der Waals surface area (Å²) in [7, 11) is 0. The van der Waals surface area contributed by atoms with Crippen LogP contribution < -0.4 is 16.6 Å². The summed E-state index contributed by atoms with van der Waals surface area (Å²) in [5, 5.41) is 2.76. The summed E-state index contributed by atoms with van der Waals surface area (Å²) >= 11 is 0. The van der Waals surface area contributed by atoms with Crippen LogP contribution in [0, 0.1) is 11.7 Å². The Morgan fingerprint density at radius 2 is 2.22 bits per heavy atom. The zero-order valence-corrected chi connectivity index (χ0v) is 10.1. The lowest BCUT2D eigenvalue weighted by molar-refractivity contribution is 0.0943. The zero-order valence-electron chi connectivity index (χ0n) is 10.1. The minimum absolute atomic E-state index is 0.0315. The van der Waals surface area contributed by atoms with E-state index in [0.29, 0.717) is 12.5 Å². The molecule has 0 aliphatic heterocycles. The number of amides is 1. The van der Waals surface area contributed by atoms with Crippen molar-refractivity contribution in [1.29, 1.82) is 0 Å². The van der Waals surface area contributed by atoms with Crippen LogP contribution in [0.5, 0.6) is 0 Å². The van der Waals surface area contributed by atoms with Gasteiger partial charge >= 0.3 is 0 Å². The van der Waals surface area contributed by atoms with Gasteiger partial charge in [0.15, 0.2) is 11.6 Å². The predicted octanol–water partition coefficient (Wildman–Crippen LogP) is 1.43.